The van der Waals surface area contributed by atoms with E-state index >= 15 is 0 Å². The van der Waals surface area contributed by atoms with Crippen molar-refractivity contribution in [3.05, 3.63) is 24.3 Å². The molecule has 0 unspecified atom stereocenters. The smallest absolute Gasteiger partial charge is 0.264 e. The van der Waals surface area contributed by atoms with Crippen LogP contribution in [0.4, 0.5) is 10.8 Å². The van der Waals surface area contributed by atoms with Crippen molar-refractivity contribution in [2.45, 2.75) is 22.6 Å². The number of rotatable bonds is 7. The molecule has 4 N–H and O–H groups in total. The van der Waals surface area contributed by atoms with Gasteiger partial charge in [0, 0.05) is 24.8 Å². The number of sulfonamides is 1. The summed E-state index contributed by atoms with van der Waals surface area (Å²) in [5, 5.41) is 10.6. The lowest BCUT2D eigenvalue weighted by molar-refractivity contribution is -0.117. The number of hydrogen-bond donors (Lipinski definition) is 3. The molecule has 0 spiro atoms. The number of carbonyl (C=O) groups excluding carboxylic acids is 2. The van der Waals surface area contributed by atoms with Gasteiger partial charge >= 0.3 is 0 Å². The average Bonchev–Trinajstić information content (AvgIpc) is 2.92. The van der Waals surface area contributed by atoms with Crippen molar-refractivity contribution in [1.29, 1.82) is 0 Å². The predicted molar refractivity (Wildman–Crippen MR) is 95.7 cm³/mol. The van der Waals surface area contributed by atoms with Crippen molar-refractivity contribution in [2.75, 3.05) is 16.8 Å². The van der Waals surface area contributed by atoms with Gasteiger partial charge < -0.3 is 11.1 Å². The van der Waals surface area contributed by atoms with E-state index in [-0.39, 0.29) is 17.2 Å². The molecule has 0 atom stereocenters. The minimum absolute atomic E-state index is 0.0647. The lowest BCUT2D eigenvalue weighted by atomic mass is 10.3. The topological polar surface area (TPSA) is 144 Å². The molecule has 1 heterocycles. The van der Waals surface area contributed by atoms with Gasteiger partial charge in [0.1, 0.15) is 0 Å². The van der Waals surface area contributed by atoms with Gasteiger partial charge in [-0.2, -0.15) is 0 Å². The Morgan fingerprint density at radius 2 is 1.92 bits per heavy atom. The molecule has 0 aliphatic carbocycles. The van der Waals surface area contributed by atoms with E-state index in [1.54, 1.807) is 0 Å². The molecule has 2 amide bonds. The highest BCUT2D eigenvalue weighted by molar-refractivity contribution is 8.01. The van der Waals surface area contributed by atoms with Crippen molar-refractivity contribution >= 4 is 55.8 Å². The third-order valence-electron chi connectivity index (χ3n) is 2.70. The standard InChI is InChI=1S/C13H15N5O4S3/c1-8(19)18-25(21,22)10-4-2-9(3-5-10)15-11(20)6-7-23-13-17-16-12(14)24-13/h2-5H,6-7H2,1H3,(H2,14,16)(H,15,20)(H,18,19). The summed E-state index contributed by atoms with van der Waals surface area (Å²) in [5.74, 6) is -0.385. The number of thioether (sulfide) groups is 1. The summed E-state index contributed by atoms with van der Waals surface area (Å²) < 4.78 is 26.2. The SMILES string of the molecule is CC(=O)NS(=O)(=O)c1ccc(NC(=O)CCSc2nnc(N)s2)cc1. The molecule has 0 aliphatic rings. The number of nitrogens with two attached hydrogens (primary N) is 1. The van der Waals surface area contributed by atoms with Crippen molar-refractivity contribution in [3.8, 4) is 0 Å². The van der Waals surface area contributed by atoms with Crippen molar-refractivity contribution in [2.24, 2.45) is 0 Å². The highest BCUT2D eigenvalue weighted by atomic mass is 32.2. The highest BCUT2D eigenvalue weighted by Gasteiger charge is 2.15. The summed E-state index contributed by atoms with van der Waals surface area (Å²) in [6.07, 6.45) is 0.246. The maximum atomic E-state index is 11.9. The molecular weight excluding hydrogens is 386 g/mol. The second-order valence-electron chi connectivity index (χ2n) is 4.74. The molecule has 134 valence electrons. The molecule has 2 aromatic rings. The van der Waals surface area contributed by atoms with Crippen molar-refractivity contribution in [1.82, 2.24) is 14.9 Å². The highest BCUT2D eigenvalue weighted by Crippen LogP contribution is 2.24. The Balaban J connectivity index is 1.85. The zero-order valence-electron chi connectivity index (χ0n) is 13.1. The zero-order valence-corrected chi connectivity index (χ0v) is 15.5. The van der Waals surface area contributed by atoms with Gasteiger partial charge in [0.05, 0.1) is 4.90 Å². The van der Waals surface area contributed by atoms with Crippen LogP contribution in [0.25, 0.3) is 0 Å². The largest absolute Gasteiger partial charge is 0.374 e. The molecule has 1 aromatic carbocycles. The molecular formula is C13H15N5O4S3. The lowest BCUT2D eigenvalue weighted by Gasteiger charge is -2.07. The van der Waals surface area contributed by atoms with E-state index in [4.69, 9.17) is 5.73 Å². The molecule has 0 radical (unpaired) electrons. The molecule has 1 aromatic heterocycles. The van der Waals surface area contributed by atoms with Crippen LogP contribution in [0.1, 0.15) is 13.3 Å². The van der Waals surface area contributed by atoms with Crippen molar-refractivity contribution in [3.63, 3.8) is 0 Å². The molecule has 0 saturated heterocycles. The first kappa shape index (κ1) is 19.1. The summed E-state index contributed by atoms with van der Waals surface area (Å²) in [6.45, 7) is 1.11. The normalized spacial score (nSPS) is 11.1. The average molecular weight is 401 g/mol. The number of anilines is 2. The maximum Gasteiger partial charge on any atom is 0.264 e. The Morgan fingerprint density at radius 3 is 2.48 bits per heavy atom. The second kappa shape index (κ2) is 8.27. The first-order valence-electron chi connectivity index (χ1n) is 6.91. The van der Waals surface area contributed by atoms with E-state index in [1.165, 1.54) is 47.4 Å². The quantitative estimate of drug-likeness (QED) is 0.584. The Labute approximate surface area is 152 Å². The predicted octanol–water partition coefficient (Wildman–Crippen LogP) is 1.07. The maximum absolute atomic E-state index is 11.9. The molecule has 2 rings (SSSR count). The molecule has 9 nitrogen and oxygen atoms in total. The van der Waals surface area contributed by atoms with Gasteiger partial charge in [-0.05, 0) is 24.3 Å². The Hall–Kier alpha value is -2.18. The molecule has 0 aliphatic heterocycles. The van der Waals surface area contributed by atoms with Gasteiger partial charge in [0.15, 0.2) is 4.34 Å². The van der Waals surface area contributed by atoms with Gasteiger partial charge in [-0.1, -0.05) is 23.1 Å². The second-order valence-corrected chi connectivity index (χ2v) is 8.77. The van der Waals surface area contributed by atoms with Crippen LogP contribution in [-0.2, 0) is 19.6 Å². The number of carbonyl (C=O) groups is 2. The van der Waals surface area contributed by atoms with E-state index in [0.717, 1.165) is 6.92 Å². The number of nitrogens with one attached hydrogen (secondary N) is 2. The summed E-state index contributed by atoms with van der Waals surface area (Å²) in [5.41, 5.74) is 5.92. The third kappa shape index (κ3) is 5.99. The van der Waals surface area contributed by atoms with Crippen LogP contribution in [0.2, 0.25) is 0 Å². The Kier molecular flexibility index (Phi) is 6.33. The molecule has 12 heteroatoms. The number of benzene rings is 1. The van der Waals surface area contributed by atoms with Gasteiger partial charge in [0.2, 0.25) is 16.9 Å². The van der Waals surface area contributed by atoms with E-state index in [1.807, 2.05) is 4.72 Å². The Bertz CT molecular complexity index is 864. The van der Waals surface area contributed by atoms with Crippen LogP contribution in [0.3, 0.4) is 0 Å². The number of nitrogen functional groups attached to an aromatic ring is 1. The lowest BCUT2D eigenvalue weighted by Crippen LogP contribution is -2.28. The van der Waals surface area contributed by atoms with Gasteiger partial charge in [0.25, 0.3) is 10.0 Å². The monoisotopic (exact) mass is 401 g/mol. The van der Waals surface area contributed by atoms with Crippen LogP contribution in [0, 0.1) is 0 Å². The first-order valence-corrected chi connectivity index (χ1v) is 10.2. The van der Waals surface area contributed by atoms with E-state index in [0.29, 0.717) is 20.9 Å². The molecule has 0 bridgehead atoms. The van der Waals surface area contributed by atoms with E-state index in [9.17, 15) is 18.0 Å². The fourth-order valence-electron chi connectivity index (χ4n) is 1.70. The summed E-state index contributed by atoms with van der Waals surface area (Å²) in [6, 6.07) is 5.51. The zero-order chi connectivity index (χ0) is 18.4. The van der Waals surface area contributed by atoms with Gasteiger partial charge in [-0.15, -0.1) is 10.2 Å². The minimum Gasteiger partial charge on any atom is -0.374 e. The Morgan fingerprint density at radius 1 is 1.24 bits per heavy atom. The van der Waals surface area contributed by atoms with Gasteiger partial charge in [-0.25, -0.2) is 13.1 Å². The number of aromatic nitrogens is 2. The molecule has 0 saturated carbocycles. The fraction of sp³-hybridized carbons (Fsp3) is 0.231. The van der Waals surface area contributed by atoms with Crippen LogP contribution in [-0.4, -0.2) is 36.2 Å². The van der Waals surface area contributed by atoms with Crippen LogP contribution >= 0.6 is 23.1 Å². The summed E-state index contributed by atoms with van der Waals surface area (Å²) in [4.78, 5) is 22.7. The van der Waals surface area contributed by atoms with Crippen LogP contribution < -0.4 is 15.8 Å². The first-order chi connectivity index (χ1) is 11.8. The number of hydrogen-bond acceptors (Lipinski definition) is 9. The third-order valence-corrected chi connectivity index (χ3v) is 6.04. The number of nitrogens with zero attached hydrogens (tertiary/aromatic N) is 2. The fourth-order valence-corrected chi connectivity index (χ4v) is 4.33. The van der Waals surface area contributed by atoms with E-state index < -0.39 is 15.9 Å². The minimum atomic E-state index is -3.89. The van der Waals surface area contributed by atoms with Gasteiger partial charge in [-0.3, -0.25) is 9.59 Å². The molecule has 25 heavy (non-hydrogen) atoms. The molecule has 0 fully saturated rings. The van der Waals surface area contributed by atoms with Crippen LogP contribution in [0.15, 0.2) is 33.5 Å². The summed E-state index contributed by atoms with van der Waals surface area (Å²) in [7, 11) is -3.89. The summed E-state index contributed by atoms with van der Waals surface area (Å²) >= 11 is 2.63. The van der Waals surface area contributed by atoms with E-state index in [2.05, 4.69) is 15.5 Å². The van der Waals surface area contributed by atoms with Crippen LogP contribution in [0.5, 0.6) is 0 Å². The van der Waals surface area contributed by atoms with Crippen molar-refractivity contribution < 1.29 is 18.0 Å². The number of amides is 2.